The van der Waals surface area contributed by atoms with Gasteiger partial charge in [-0.3, -0.25) is 4.90 Å². The van der Waals surface area contributed by atoms with Gasteiger partial charge in [-0.1, -0.05) is 34.6 Å². The van der Waals surface area contributed by atoms with Crippen molar-refractivity contribution < 1.29 is 29.0 Å². The molecular formula is C24H24FN5O5. The van der Waals surface area contributed by atoms with Gasteiger partial charge in [0.1, 0.15) is 11.9 Å². The SMILES string of the molecule is Cc1cn(C[C@H]2CN(c3ccc(-c4ccc(C5=NOC(CO)(CO)C5)cc4)c(F)c3)C(=O)O2)nn1. The van der Waals surface area contributed by atoms with Gasteiger partial charge in [-0.2, -0.15) is 0 Å². The molecule has 0 unspecified atom stereocenters. The van der Waals surface area contributed by atoms with Crippen LogP contribution < -0.4 is 4.90 Å². The van der Waals surface area contributed by atoms with Crippen LogP contribution in [0.15, 0.2) is 53.8 Å². The molecular weight excluding hydrogens is 457 g/mol. The molecule has 1 saturated heterocycles. The van der Waals surface area contributed by atoms with Crippen LogP contribution in [0.3, 0.4) is 0 Å². The van der Waals surface area contributed by atoms with E-state index in [1.807, 2.05) is 6.92 Å². The van der Waals surface area contributed by atoms with Crippen molar-refractivity contribution in [1.29, 1.82) is 0 Å². The monoisotopic (exact) mass is 481 g/mol. The highest BCUT2D eigenvalue weighted by molar-refractivity contribution is 6.02. The van der Waals surface area contributed by atoms with Gasteiger partial charge in [0.2, 0.25) is 0 Å². The van der Waals surface area contributed by atoms with Crippen molar-refractivity contribution in [2.45, 2.75) is 31.6 Å². The highest BCUT2D eigenvalue weighted by Crippen LogP contribution is 2.31. The molecule has 0 spiro atoms. The van der Waals surface area contributed by atoms with Gasteiger partial charge in [0.15, 0.2) is 5.60 Å². The van der Waals surface area contributed by atoms with Crippen LogP contribution in [0.5, 0.6) is 0 Å². The molecule has 2 aromatic carbocycles. The zero-order chi connectivity index (χ0) is 24.6. The minimum Gasteiger partial charge on any atom is -0.442 e. The Morgan fingerprint density at radius 1 is 1.14 bits per heavy atom. The lowest BCUT2D eigenvalue weighted by Crippen LogP contribution is -2.37. The Morgan fingerprint density at radius 3 is 2.51 bits per heavy atom. The van der Waals surface area contributed by atoms with Gasteiger partial charge in [0.25, 0.3) is 0 Å². The highest BCUT2D eigenvalue weighted by atomic mass is 19.1. The number of aliphatic hydroxyl groups is 2. The molecule has 5 rings (SSSR count). The summed E-state index contributed by atoms with van der Waals surface area (Å²) in [5, 5.41) is 30.8. The van der Waals surface area contributed by atoms with E-state index in [4.69, 9.17) is 9.57 Å². The molecule has 0 radical (unpaired) electrons. The van der Waals surface area contributed by atoms with E-state index in [1.165, 1.54) is 11.0 Å². The number of aromatic nitrogens is 3. The number of oxime groups is 1. The maximum absolute atomic E-state index is 15.1. The minimum absolute atomic E-state index is 0.270. The smallest absolute Gasteiger partial charge is 0.414 e. The molecule has 182 valence electrons. The molecule has 2 N–H and O–H groups in total. The molecule has 1 amide bonds. The van der Waals surface area contributed by atoms with E-state index in [2.05, 4.69) is 15.5 Å². The van der Waals surface area contributed by atoms with Gasteiger partial charge in [0, 0.05) is 18.2 Å². The van der Waals surface area contributed by atoms with Crippen LogP contribution in [0.25, 0.3) is 11.1 Å². The predicted molar refractivity (Wildman–Crippen MR) is 123 cm³/mol. The number of carbonyl (C=O) groups is 1. The fourth-order valence-electron chi connectivity index (χ4n) is 4.16. The van der Waals surface area contributed by atoms with Crippen LogP contribution in [-0.4, -0.2) is 68.5 Å². The number of rotatable bonds is 7. The number of carbonyl (C=O) groups excluding carboxylic acids is 1. The van der Waals surface area contributed by atoms with Crippen LogP contribution >= 0.6 is 0 Å². The third-order valence-corrected chi connectivity index (χ3v) is 6.13. The number of hydrogen-bond acceptors (Lipinski definition) is 8. The van der Waals surface area contributed by atoms with Crippen LogP contribution in [0.2, 0.25) is 0 Å². The second-order valence-electron chi connectivity index (χ2n) is 8.75. The van der Waals surface area contributed by atoms with Gasteiger partial charge in [-0.25, -0.2) is 13.9 Å². The summed E-state index contributed by atoms with van der Waals surface area (Å²) in [6.45, 7) is 1.77. The Labute approximate surface area is 200 Å². The molecule has 2 aliphatic rings. The molecule has 1 aromatic heterocycles. The fourth-order valence-corrected chi connectivity index (χ4v) is 4.16. The van der Waals surface area contributed by atoms with E-state index in [-0.39, 0.29) is 26.2 Å². The third kappa shape index (κ3) is 4.47. The van der Waals surface area contributed by atoms with Gasteiger partial charge in [-0.15, -0.1) is 5.10 Å². The minimum atomic E-state index is -1.11. The van der Waals surface area contributed by atoms with E-state index in [1.54, 1.807) is 47.3 Å². The summed E-state index contributed by atoms with van der Waals surface area (Å²) in [5.74, 6) is -0.473. The summed E-state index contributed by atoms with van der Waals surface area (Å²) in [5.41, 5.74) is 2.45. The second-order valence-corrected chi connectivity index (χ2v) is 8.75. The Morgan fingerprint density at radius 2 is 1.89 bits per heavy atom. The van der Waals surface area contributed by atoms with Gasteiger partial charge < -0.3 is 19.8 Å². The molecule has 3 heterocycles. The summed E-state index contributed by atoms with van der Waals surface area (Å²) < 4.78 is 22.1. The van der Waals surface area contributed by atoms with Crippen LogP contribution in [0.4, 0.5) is 14.9 Å². The Kier molecular flexibility index (Phi) is 5.95. The molecule has 35 heavy (non-hydrogen) atoms. The average molecular weight is 481 g/mol. The first-order valence-electron chi connectivity index (χ1n) is 11.1. The second kappa shape index (κ2) is 9.08. The van der Waals surface area contributed by atoms with E-state index < -0.39 is 23.6 Å². The Balaban J connectivity index is 1.28. The lowest BCUT2D eigenvalue weighted by molar-refractivity contribution is -0.0878. The summed E-state index contributed by atoms with van der Waals surface area (Å²) in [6, 6.07) is 11.7. The van der Waals surface area contributed by atoms with Crippen molar-refractivity contribution in [3.63, 3.8) is 0 Å². The number of hydrogen-bond donors (Lipinski definition) is 2. The zero-order valence-corrected chi connectivity index (χ0v) is 19.0. The first-order valence-corrected chi connectivity index (χ1v) is 11.1. The van der Waals surface area contributed by atoms with E-state index in [9.17, 15) is 15.0 Å². The molecule has 3 aromatic rings. The van der Waals surface area contributed by atoms with Gasteiger partial charge in [-0.05, 0) is 36.2 Å². The van der Waals surface area contributed by atoms with E-state index in [0.29, 0.717) is 29.1 Å². The third-order valence-electron chi connectivity index (χ3n) is 6.13. The molecule has 1 atom stereocenters. The molecule has 10 nitrogen and oxygen atoms in total. The first-order chi connectivity index (χ1) is 16.9. The number of ether oxygens (including phenoxy) is 1. The van der Waals surface area contributed by atoms with Crippen molar-refractivity contribution in [3.8, 4) is 11.1 Å². The van der Waals surface area contributed by atoms with E-state index >= 15 is 4.39 Å². The number of anilines is 1. The number of amides is 1. The van der Waals surface area contributed by atoms with Crippen LogP contribution in [0.1, 0.15) is 17.7 Å². The summed E-state index contributed by atoms with van der Waals surface area (Å²) in [6.07, 6.45) is 1.07. The molecule has 1 fully saturated rings. The maximum atomic E-state index is 15.1. The summed E-state index contributed by atoms with van der Waals surface area (Å²) in [7, 11) is 0. The van der Waals surface area contributed by atoms with Gasteiger partial charge >= 0.3 is 6.09 Å². The largest absolute Gasteiger partial charge is 0.442 e. The average Bonchev–Trinajstić information content (AvgIpc) is 3.58. The number of cyclic esters (lactones) is 1. The fraction of sp³-hybridized carbons (Fsp3) is 0.333. The molecule has 11 heteroatoms. The van der Waals surface area contributed by atoms with Crippen molar-refractivity contribution in [1.82, 2.24) is 15.0 Å². The lowest BCUT2D eigenvalue weighted by Gasteiger charge is -2.20. The predicted octanol–water partition coefficient (Wildman–Crippen LogP) is 2.27. The molecule has 2 aliphatic heterocycles. The normalized spacial score (nSPS) is 19.0. The number of nitrogens with zero attached hydrogens (tertiary/aromatic N) is 5. The van der Waals surface area contributed by atoms with E-state index in [0.717, 1.165) is 11.3 Å². The van der Waals surface area contributed by atoms with Crippen LogP contribution in [-0.2, 0) is 16.1 Å². The molecule has 0 bridgehead atoms. The number of benzene rings is 2. The van der Waals surface area contributed by atoms with Crippen molar-refractivity contribution in [2.75, 3.05) is 24.7 Å². The van der Waals surface area contributed by atoms with Crippen molar-refractivity contribution in [2.24, 2.45) is 5.16 Å². The topological polar surface area (TPSA) is 122 Å². The highest BCUT2D eigenvalue weighted by Gasteiger charge is 2.38. The Hall–Kier alpha value is -3.83. The standard InChI is InChI=1S/C24H24FN5O5/c1-15-10-29(28-26-15)11-19-12-30(23(33)34-19)18-6-7-20(21(25)8-18)16-2-4-17(5-3-16)22-9-24(13-31,14-32)35-27-22/h2-8,10,19,31-32H,9,11-14H2,1H3/t19-/m0/s1. The first kappa shape index (κ1) is 22.9. The quantitative estimate of drug-likeness (QED) is 0.531. The van der Waals surface area contributed by atoms with Crippen LogP contribution in [0, 0.1) is 12.7 Å². The van der Waals surface area contributed by atoms with Crippen molar-refractivity contribution >= 4 is 17.5 Å². The Bertz CT molecular complexity index is 1270. The number of halogens is 1. The lowest BCUT2D eigenvalue weighted by atomic mass is 9.94. The summed E-state index contributed by atoms with van der Waals surface area (Å²) >= 11 is 0. The van der Waals surface area contributed by atoms with Crippen molar-refractivity contribution in [3.05, 3.63) is 65.7 Å². The number of aryl methyl sites for hydroxylation is 1. The maximum Gasteiger partial charge on any atom is 0.414 e. The molecule has 0 saturated carbocycles. The zero-order valence-electron chi connectivity index (χ0n) is 19.0. The number of aliphatic hydroxyl groups excluding tert-OH is 2. The summed E-state index contributed by atoms with van der Waals surface area (Å²) in [4.78, 5) is 19.0. The van der Waals surface area contributed by atoms with Gasteiger partial charge in [0.05, 0.1) is 43.4 Å². The molecule has 0 aliphatic carbocycles.